The largest absolute Gasteiger partial charge is 0.492 e. The fourth-order valence-electron chi connectivity index (χ4n) is 7.46. The van der Waals surface area contributed by atoms with Gasteiger partial charge in [0.25, 0.3) is 0 Å². The van der Waals surface area contributed by atoms with E-state index in [9.17, 15) is 14.0 Å². The molecule has 7 rings (SSSR count). The second-order valence-corrected chi connectivity index (χ2v) is 14.5. The number of carbonyl (C=O) groups is 2. The van der Waals surface area contributed by atoms with Gasteiger partial charge in [0.05, 0.1) is 36.3 Å². The van der Waals surface area contributed by atoms with Crippen LogP contribution in [0.15, 0.2) is 72.1 Å². The number of allylic oxidation sites excluding steroid dienone is 4. The van der Waals surface area contributed by atoms with Gasteiger partial charge in [-0.2, -0.15) is 5.10 Å². The van der Waals surface area contributed by atoms with Crippen molar-refractivity contribution < 1.29 is 27.8 Å². The zero-order valence-electron chi connectivity index (χ0n) is 30.1. The molecule has 3 aromatic heterocycles. The molecule has 13 heteroatoms. The number of likely N-dealkylation sites (N-methyl/N-ethyl adjacent to an activating group) is 2. The number of thiophene rings is 1. The molecule has 10 nitrogen and oxygen atoms in total. The summed E-state index contributed by atoms with van der Waals surface area (Å²) in [6.45, 7) is 5.04. The zero-order chi connectivity index (χ0) is 37.6. The third kappa shape index (κ3) is 6.34. The predicted molar refractivity (Wildman–Crippen MR) is 200 cm³/mol. The molecule has 1 aliphatic carbocycles. The number of halogens is 2. The van der Waals surface area contributed by atoms with Gasteiger partial charge in [0, 0.05) is 68.0 Å². The van der Waals surface area contributed by atoms with E-state index < -0.39 is 17.5 Å². The Labute approximate surface area is 311 Å². The van der Waals surface area contributed by atoms with Crippen LogP contribution in [0.3, 0.4) is 0 Å². The number of fused-ring (bicyclic) bond motifs is 3. The summed E-state index contributed by atoms with van der Waals surface area (Å²) in [5, 5.41) is 7.51. The molecule has 2 aliphatic heterocycles. The lowest BCUT2D eigenvalue weighted by Crippen LogP contribution is -2.48. The van der Waals surface area contributed by atoms with E-state index in [0.717, 1.165) is 28.2 Å². The van der Waals surface area contributed by atoms with Gasteiger partial charge in [-0.3, -0.25) is 19.2 Å². The Hall–Kier alpha value is -5.16. The monoisotopic (exact) mass is 738 g/mol. The van der Waals surface area contributed by atoms with E-state index in [0.29, 0.717) is 47.8 Å². The normalized spacial score (nSPS) is 21.3. The fourth-order valence-corrected chi connectivity index (χ4v) is 8.46. The third-order valence-corrected chi connectivity index (χ3v) is 11.1. The van der Waals surface area contributed by atoms with Crippen LogP contribution in [0.2, 0.25) is 0 Å². The molecular weight excluding hydrogens is 699 g/mol. The highest BCUT2D eigenvalue weighted by molar-refractivity contribution is 7.17. The summed E-state index contributed by atoms with van der Waals surface area (Å²) in [5.41, 5.74) is 2.64. The van der Waals surface area contributed by atoms with E-state index in [2.05, 4.69) is 23.5 Å². The molecule has 0 saturated carbocycles. The van der Waals surface area contributed by atoms with E-state index in [4.69, 9.17) is 26.0 Å². The van der Waals surface area contributed by atoms with Gasteiger partial charge in [0.2, 0.25) is 11.8 Å². The molecule has 3 atom stereocenters. The second-order valence-electron chi connectivity index (χ2n) is 13.6. The molecule has 0 fully saturated rings. The van der Waals surface area contributed by atoms with Crippen molar-refractivity contribution in [3.05, 3.63) is 94.5 Å². The maximum Gasteiger partial charge on any atom is 0.247 e. The summed E-state index contributed by atoms with van der Waals surface area (Å²) in [6.07, 6.45) is 9.73. The average molecular weight is 739 g/mol. The van der Waals surface area contributed by atoms with E-state index in [1.807, 2.05) is 30.6 Å². The predicted octanol–water partition coefficient (Wildman–Crippen LogP) is 5.94. The number of methoxy groups -OCH3 is 1. The standard InChI is InChI=1S/C40H40F2N6O4S/c1-7-30-31-22-29(44-48(31)15-14-47(30)34(49)8-2)37-35(40(42)13-11-27(41)21-33(40)52-17-16-51-6)38-28(12-18-53-38)36(43-37)25-10-9-24-20-32(39(50)45(3)4)46(5)23-26(24)19-25/h1,8-12,18-19,21-22,30,32H,2,13-17,20,23H2,3-6H3/t30-,32-,40-/m1/s1. The topological polar surface area (TPSA) is 93.0 Å². The first kappa shape index (κ1) is 36.2. The molecule has 4 aromatic rings. The minimum Gasteiger partial charge on any atom is -0.492 e. The average Bonchev–Trinajstić information content (AvgIpc) is 3.82. The number of carbonyl (C=O) groups excluding carboxylic acids is 2. The van der Waals surface area contributed by atoms with Crippen molar-refractivity contribution in [1.82, 2.24) is 29.5 Å². The number of pyridine rings is 1. The van der Waals surface area contributed by atoms with Crippen molar-refractivity contribution in [2.45, 2.75) is 43.7 Å². The van der Waals surface area contributed by atoms with Crippen molar-refractivity contribution in [3.8, 4) is 35.0 Å². The first-order valence-electron chi connectivity index (χ1n) is 17.3. The SMILES string of the molecule is C#C[C@@H]1c2cc(-c3nc(-c4ccc5c(c4)CN(C)[C@@H](C(=O)N(C)C)C5)c4ccsc4c3[C@@]3(F)CC=C(F)C=C3OCCOC)nn2CCN1C(=O)C=C. The number of terminal acetylenes is 1. The number of benzene rings is 1. The Bertz CT molecular complexity index is 2230. The van der Waals surface area contributed by atoms with Crippen molar-refractivity contribution in [1.29, 1.82) is 0 Å². The Balaban J connectivity index is 1.42. The zero-order valence-corrected chi connectivity index (χ0v) is 30.9. The van der Waals surface area contributed by atoms with Crippen LogP contribution in [0, 0.1) is 12.3 Å². The highest BCUT2D eigenvalue weighted by Gasteiger charge is 2.45. The number of hydrogen-bond acceptors (Lipinski definition) is 8. The summed E-state index contributed by atoms with van der Waals surface area (Å²) >= 11 is 1.35. The van der Waals surface area contributed by atoms with E-state index in [1.54, 1.807) is 34.6 Å². The van der Waals surface area contributed by atoms with Gasteiger partial charge in [-0.25, -0.2) is 13.8 Å². The third-order valence-electron chi connectivity index (χ3n) is 10.2. The van der Waals surface area contributed by atoms with Gasteiger partial charge in [0.1, 0.15) is 29.9 Å². The van der Waals surface area contributed by atoms with Gasteiger partial charge in [-0.05, 0) is 60.3 Å². The summed E-state index contributed by atoms with van der Waals surface area (Å²) in [5.74, 6) is 1.67. The molecule has 0 unspecified atom stereocenters. The minimum atomic E-state index is -2.32. The lowest BCUT2D eigenvalue weighted by Gasteiger charge is -2.34. The number of alkyl halides is 1. The molecule has 1 aromatic carbocycles. The molecular formula is C40H40F2N6O4S. The van der Waals surface area contributed by atoms with Crippen LogP contribution in [-0.4, -0.2) is 95.3 Å². The van der Waals surface area contributed by atoms with Crippen molar-refractivity contribution in [3.63, 3.8) is 0 Å². The molecule has 2 amide bonds. The number of aromatic nitrogens is 3. The number of rotatable bonds is 9. The highest BCUT2D eigenvalue weighted by atomic mass is 32.1. The Morgan fingerprint density at radius 2 is 2.00 bits per heavy atom. The molecule has 0 bridgehead atoms. The van der Waals surface area contributed by atoms with Gasteiger partial charge < -0.3 is 19.3 Å². The van der Waals surface area contributed by atoms with Crippen LogP contribution < -0.4 is 0 Å². The molecule has 3 aliphatic rings. The molecule has 0 saturated heterocycles. The summed E-state index contributed by atoms with van der Waals surface area (Å²) in [4.78, 5) is 36.1. The number of amides is 2. The minimum absolute atomic E-state index is 0.00999. The maximum absolute atomic E-state index is 18.1. The number of nitrogens with zero attached hydrogens (tertiary/aromatic N) is 6. The van der Waals surface area contributed by atoms with Crippen LogP contribution in [0.5, 0.6) is 0 Å². The number of ether oxygens (including phenoxy) is 2. The van der Waals surface area contributed by atoms with Crippen molar-refractivity contribution >= 4 is 33.2 Å². The second kappa shape index (κ2) is 14.3. The molecule has 274 valence electrons. The van der Waals surface area contributed by atoms with Crippen LogP contribution in [0.4, 0.5) is 8.78 Å². The Morgan fingerprint density at radius 3 is 2.74 bits per heavy atom. The number of hydrogen-bond donors (Lipinski definition) is 0. The van der Waals surface area contributed by atoms with Crippen LogP contribution in [0.25, 0.3) is 32.7 Å². The van der Waals surface area contributed by atoms with Gasteiger partial charge >= 0.3 is 0 Å². The summed E-state index contributed by atoms with van der Waals surface area (Å²) < 4.78 is 46.3. The van der Waals surface area contributed by atoms with Crippen LogP contribution >= 0.6 is 11.3 Å². The summed E-state index contributed by atoms with van der Waals surface area (Å²) in [6, 6.07) is 8.77. The molecule has 0 spiro atoms. The summed E-state index contributed by atoms with van der Waals surface area (Å²) in [7, 11) is 6.98. The first-order chi connectivity index (χ1) is 25.5. The quantitative estimate of drug-likeness (QED) is 0.119. The van der Waals surface area contributed by atoms with Gasteiger partial charge in [-0.1, -0.05) is 24.6 Å². The molecule has 53 heavy (non-hydrogen) atoms. The maximum atomic E-state index is 18.1. The molecule has 0 radical (unpaired) electrons. The van der Waals surface area contributed by atoms with Gasteiger partial charge in [0.15, 0.2) is 5.67 Å². The van der Waals surface area contributed by atoms with E-state index in [-0.39, 0.29) is 54.5 Å². The van der Waals surface area contributed by atoms with Gasteiger partial charge in [-0.15, -0.1) is 17.8 Å². The first-order valence-corrected chi connectivity index (χ1v) is 18.2. The Kier molecular flexibility index (Phi) is 9.80. The lowest BCUT2D eigenvalue weighted by molar-refractivity contribution is -0.134. The van der Waals surface area contributed by atoms with Crippen LogP contribution in [-0.2, 0) is 44.2 Å². The fraction of sp³-hybridized carbons (Fsp3) is 0.350. The molecule has 0 N–H and O–H groups in total. The lowest BCUT2D eigenvalue weighted by atomic mass is 9.84. The van der Waals surface area contributed by atoms with E-state index in [1.165, 1.54) is 30.6 Å². The Morgan fingerprint density at radius 1 is 1.19 bits per heavy atom. The van der Waals surface area contributed by atoms with Crippen molar-refractivity contribution in [2.75, 3.05) is 48.0 Å². The molecule has 5 heterocycles. The van der Waals surface area contributed by atoms with E-state index >= 15 is 4.39 Å². The van der Waals surface area contributed by atoms with Crippen molar-refractivity contribution in [2.24, 2.45) is 0 Å². The smallest absolute Gasteiger partial charge is 0.247 e. The van der Waals surface area contributed by atoms with Crippen LogP contribution in [0.1, 0.15) is 34.8 Å². The highest BCUT2D eigenvalue weighted by Crippen LogP contribution is 2.51.